The van der Waals surface area contributed by atoms with E-state index >= 15 is 0 Å². The minimum atomic E-state index is -2.36. The number of para-hydroxylation sites is 4. The van der Waals surface area contributed by atoms with Gasteiger partial charge in [0.15, 0.2) is 0 Å². The quantitative estimate of drug-likeness (QED) is 0.152. The van der Waals surface area contributed by atoms with E-state index in [9.17, 15) is 0 Å². The van der Waals surface area contributed by atoms with E-state index < -0.39 is 6.85 Å². The number of ether oxygens (including phenoxy) is 1. The molecule has 1 aliphatic carbocycles. The zero-order chi connectivity index (χ0) is 45.9. The monoisotopic (exact) mass is 1020 g/mol. The molecular formula is C59H44N4OPt. The van der Waals surface area contributed by atoms with Gasteiger partial charge in [-0.1, -0.05) is 48.5 Å². The average molecular weight is 1020 g/mol. The number of fused-ring (bicyclic) bond motifs is 5. The molecule has 0 amide bonds. The molecule has 8 aromatic carbocycles. The molecule has 0 saturated carbocycles. The van der Waals surface area contributed by atoms with Crippen molar-refractivity contribution in [3.8, 4) is 56.4 Å². The third-order valence-corrected chi connectivity index (χ3v) is 14.0. The fourth-order valence-electron chi connectivity index (χ4n) is 10.0. The van der Waals surface area contributed by atoms with Crippen LogP contribution in [0, 0.1) is 10.7 Å². The van der Waals surface area contributed by atoms with Crippen molar-refractivity contribution >= 4 is 32.8 Å². The molecule has 1 unspecified atom stereocenters. The first-order valence-electron chi connectivity index (χ1n) is 23.6. The summed E-state index contributed by atoms with van der Waals surface area (Å²) in [5.74, 6) is 1.97. The van der Waals surface area contributed by atoms with Gasteiger partial charge in [0, 0.05) is 15.9 Å². The third-order valence-electron chi connectivity index (χ3n) is 13.0. The van der Waals surface area contributed by atoms with Crippen LogP contribution >= 0.6 is 0 Å². The van der Waals surface area contributed by atoms with E-state index in [0.29, 0.717) is 17.1 Å². The van der Waals surface area contributed by atoms with Crippen molar-refractivity contribution in [2.24, 2.45) is 0 Å². The first-order chi connectivity index (χ1) is 33.3. The predicted molar refractivity (Wildman–Crippen MR) is 262 cm³/mol. The van der Waals surface area contributed by atoms with Crippen LogP contribution in [0.15, 0.2) is 206 Å². The van der Waals surface area contributed by atoms with E-state index in [-0.39, 0.29) is 11.6 Å². The van der Waals surface area contributed by atoms with Crippen molar-refractivity contribution in [1.82, 2.24) is 18.7 Å². The summed E-state index contributed by atoms with van der Waals surface area (Å²) in [6.07, 6.45) is 4.74. The number of aromatic nitrogens is 4. The molecule has 0 aliphatic heterocycles. The molecule has 11 aromatic rings. The topological polar surface area (TPSA) is 36.9 Å². The SMILES string of the molecule is [2H]C([2H])([2H])c1cc(-n2c3ccccc3c3ccc(Oc4ccc5c(c4)C(n4[c](=[Pt])n(-c6c(-c7ccccc7)cccc6-c6ccccc6)c6ccccc64)CCC5)cc32)ncc1-c1ccccc1. The largest absolute Gasteiger partial charge is 0.238 e. The van der Waals surface area contributed by atoms with Crippen molar-refractivity contribution in [1.29, 1.82) is 0 Å². The smallest absolute Gasteiger partial charge is 0.0374 e. The Balaban J connectivity index is 0.969. The first kappa shape index (κ1) is 36.1. The molecule has 12 rings (SSSR count). The van der Waals surface area contributed by atoms with Gasteiger partial charge in [0.1, 0.15) is 0 Å². The molecule has 1 atom stereocenters. The van der Waals surface area contributed by atoms with Gasteiger partial charge in [0.25, 0.3) is 0 Å². The molecule has 0 radical (unpaired) electrons. The number of hydrogen-bond donors (Lipinski definition) is 0. The van der Waals surface area contributed by atoms with E-state index in [1.807, 2.05) is 54.6 Å². The van der Waals surface area contributed by atoms with Gasteiger partial charge in [0.05, 0.1) is 0 Å². The Morgan fingerprint density at radius 2 is 1.15 bits per heavy atom. The number of benzene rings is 8. The molecule has 6 heteroatoms. The van der Waals surface area contributed by atoms with Crippen LogP contribution in [0.25, 0.3) is 77.7 Å². The maximum absolute atomic E-state index is 8.55. The molecule has 0 fully saturated rings. The van der Waals surface area contributed by atoms with Gasteiger partial charge < -0.3 is 0 Å². The zero-order valence-electron chi connectivity index (χ0n) is 38.3. The molecule has 316 valence electrons. The van der Waals surface area contributed by atoms with E-state index in [0.717, 1.165) is 67.4 Å². The molecule has 0 saturated heterocycles. The number of aryl methyl sites for hydroxylation is 2. The molecular weight excluding hydrogens is 976 g/mol. The number of nitrogens with zero attached hydrogens (tertiary/aromatic N) is 4. The van der Waals surface area contributed by atoms with E-state index in [1.54, 1.807) is 12.3 Å². The molecule has 0 bridgehead atoms. The zero-order valence-corrected chi connectivity index (χ0v) is 37.6. The van der Waals surface area contributed by atoms with E-state index in [4.69, 9.17) is 13.8 Å². The minimum absolute atomic E-state index is 0.0624. The van der Waals surface area contributed by atoms with Gasteiger partial charge in [0.2, 0.25) is 0 Å². The van der Waals surface area contributed by atoms with Crippen LogP contribution in [0.3, 0.4) is 0 Å². The summed E-state index contributed by atoms with van der Waals surface area (Å²) in [5.41, 5.74) is 14.2. The molecule has 1 aliphatic rings. The molecule has 3 heterocycles. The average Bonchev–Trinajstić information content (AvgIpc) is 3.86. The van der Waals surface area contributed by atoms with Crippen LogP contribution in [0.5, 0.6) is 11.5 Å². The van der Waals surface area contributed by atoms with Crippen molar-refractivity contribution in [3.05, 3.63) is 227 Å². The Morgan fingerprint density at radius 1 is 0.554 bits per heavy atom. The van der Waals surface area contributed by atoms with Gasteiger partial charge in [-0.15, -0.1) is 0 Å². The summed E-state index contributed by atoms with van der Waals surface area (Å²) >= 11 is 2.56. The second-order valence-electron chi connectivity index (χ2n) is 16.7. The summed E-state index contributed by atoms with van der Waals surface area (Å²) in [5, 5.41) is 2.07. The Morgan fingerprint density at radius 3 is 1.86 bits per heavy atom. The van der Waals surface area contributed by atoms with Crippen molar-refractivity contribution < 1.29 is 28.2 Å². The standard InChI is InChI=1S/C59H44N4O.Pt/c1-40-35-58(60-38-52(40)43-21-9-4-10-22-43)63-54-27-12-11-24-49(54)50-34-33-46(37-57(50)63)64-45-32-31-44-23-15-30-53(51(44)36-45)61-39-62(56-29-14-13-28-55(56)61)59-47(41-17-5-2-6-18-41)25-16-26-48(59)42-19-7-3-8-20-42;/h2-14,16-22,24-29,31-38,53H,15,23,30H2,1H3;/i1D3;. The van der Waals surface area contributed by atoms with Crippen LogP contribution in [-0.2, 0) is 25.8 Å². The van der Waals surface area contributed by atoms with Crippen LogP contribution in [0.1, 0.15) is 39.7 Å². The normalized spacial score (nSPS) is 14.6. The first-order valence-corrected chi connectivity index (χ1v) is 23.3. The van der Waals surface area contributed by atoms with Crippen LogP contribution in [0.2, 0.25) is 0 Å². The summed E-state index contributed by atoms with van der Waals surface area (Å²) in [4.78, 5) is 4.93. The Hall–Kier alpha value is -7.33. The molecule has 3 aromatic heterocycles. The summed E-state index contributed by atoms with van der Waals surface area (Å²) in [6.45, 7) is -2.36. The summed E-state index contributed by atoms with van der Waals surface area (Å²) in [6, 6.07) is 69.2. The second-order valence-corrected chi connectivity index (χ2v) is 17.7. The second kappa shape index (κ2) is 16.3. The number of imidazole rings is 1. The fourth-order valence-corrected chi connectivity index (χ4v) is 11.2. The number of pyridine rings is 1. The Kier molecular flexibility index (Phi) is 9.06. The third kappa shape index (κ3) is 6.81. The molecule has 0 N–H and O–H groups in total. The predicted octanol–water partition coefficient (Wildman–Crippen LogP) is 15.0. The molecule has 65 heavy (non-hydrogen) atoms. The van der Waals surface area contributed by atoms with Gasteiger partial charge in [-0.25, -0.2) is 4.98 Å². The number of rotatable bonds is 8. The van der Waals surface area contributed by atoms with Crippen molar-refractivity contribution in [3.63, 3.8) is 0 Å². The maximum Gasteiger partial charge on any atom is 0.0374 e. The number of hydrogen-bond acceptors (Lipinski definition) is 2. The molecule has 5 nitrogen and oxygen atoms in total. The van der Waals surface area contributed by atoms with Gasteiger partial charge in [-0.2, -0.15) is 0 Å². The maximum atomic E-state index is 8.55. The van der Waals surface area contributed by atoms with Crippen molar-refractivity contribution in [2.45, 2.75) is 32.2 Å². The summed E-state index contributed by atoms with van der Waals surface area (Å²) < 4.78 is 40.7. The Bertz CT molecular complexity index is 3710. The van der Waals surface area contributed by atoms with E-state index in [2.05, 4.69) is 173 Å². The van der Waals surface area contributed by atoms with Gasteiger partial charge >= 0.3 is 296 Å². The van der Waals surface area contributed by atoms with Crippen molar-refractivity contribution in [2.75, 3.05) is 0 Å². The van der Waals surface area contributed by atoms with Crippen LogP contribution in [-0.4, -0.2) is 18.7 Å². The molecule has 0 spiro atoms. The van der Waals surface area contributed by atoms with E-state index in [1.165, 1.54) is 38.9 Å². The van der Waals surface area contributed by atoms with Crippen LogP contribution < -0.4 is 4.74 Å². The van der Waals surface area contributed by atoms with Crippen LogP contribution in [0.4, 0.5) is 0 Å². The summed E-state index contributed by atoms with van der Waals surface area (Å²) in [7, 11) is 0. The Labute approximate surface area is 393 Å². The van der Waals surface area contributed by atoms with Gasteiger partial charge in [-0.05, 0) is 30.1 Å². The fraction of sp³-hybridized carbons (Fsp3) is 0.0847. The minimum Gasteiger partial charge on any atom is -0.238 e. The van der Waals surface area contributed by atoms with Gasteiger partial charge in [-0.3, -0.25) is 0 Å².